The van der Waals surface area contributed by atoms with Crippen LogP contribution in [0.4, 0.5) is 0 Å². The fourth-order valence-electron chi connectivity index (χ4n) is 3.23. The van der Waals surface area contributed by atoms with Crippen molar-refractivity contribution < 1.29 is 19.1 Å². The van der Waals surface area contributed by atoms with Gasteiger partial charge in [0.1, 0.15) is 11.4 Å². The Morgan fingerprint density at radius 2 is 2.03 bits per heavy atom. The fourth-order valence-corrected chi connectivity index (χ4v) is 7.09. The first-order valence-corrected chi connectivity index (χ1v) is 14.5. The first kappa shape index (κ1) is 28.4. The number of likely N-dealkylation sites (tertiary alicyclic amines) is 1. The maximum Gasteiger partial charge on any atom is 0.335 e. The van der Waals surface area contributed by atoms with Crippen LogP contribution in [0, 0.1) is 0 Å². The Hall–Kier alpha value is -1.21. The van der Waals surface area contributed by atoms with Crippen molar-refractivity contribution in [3.8, 4) is 0 Å². The van der Waals surface area contributed by atoms with E-state index in [2.05, 4.69) is 17.3 Å². The number of β-lactam (4-membered cyclic amide) rings is 1. The van der Waals surface area contributed by atoms with Crippen LogP contribution in [0.2, 0.25) is 0 Å². The molecule has 190 valence electrons. The van der Waals surface area contributed by atoms with Gasteiger partial charge >= 0.3 is 5.97 Å². The van der Waals surface area contributed by atoms with E-state index in [1.807, 2.05) is 43.5 Å². The average molecular weight is 598 g/mol. The molecule has 0 saturated carbocycles. The lowest BCUT2D eigenvalue weighted by molar-refractivity contribution is -0.164. The first-order chi connectivity index (χ1) is 16.5. The number of rotatable bonds is 11. The second-order valence-corrected chi connectivity index (χ2v) is 13.0. The molecule has 3 rings (SSSR count). The number of alkyl halides is 3. The van der Waals surface area contributed by atoms with Crippen LogP contribution in [0.1, 0.15) is 19.4 Å². The Balaban J connectivity index is 1.76. The first-order valence-electron chi connectivity index (χ1n) is 10.2. The monoisotopic (exact) mass is 596 g/mol. The van der Waals surface area contributed by atoms with E-state index in [1.165, 1.54) is 38.6 Å². The predicted molar refractivity (Wildman–Crippen MR) is 144 cm³/mol. The van der Waals surface area contributed by atoms with Gasteiger partial charge in [-0.2, -0.15) is 0 Å². The summed E-state index contributed by atoms with van der Waals surface area (Å²) in [7, 11) is 2.61. The molecule has 0 aliphatic carbocycles. The van der Waals surface area contributed by atoms with Gasteiger partial charge in [0.05, 0.1) is 12.3 Å². The summed E-state index contributed by atoms with van der Waals surface area (Å²) in [5.74, 6) is -2.00. The number of halogens is 3. The summed E-state index contributed by atoms with van der Waals surface area (Å²) in [5.41, 5.74) is 4.23. The molecule has 0 aromatic heterocycles. The zero-order valence-corrected chi connectivity index (χ0v) is 23.4. The third-order valence-electron chi connectivity index (χ3n) is 4.79. The number of allylic oxidation sites excluding steroid dienone is 1. The number of ether oxygens (including phenoxy) is 1. The van der Waals surface area contributed by atoms with Crippen LogP contribution in [0.25, 0.3) is 0 Å². The third kappa shape index (κ3) is 7.41. The summed E-state index contributed by atoms with van der Waals surface area (Å²) in [6.45, 7) is 7.38. The quantitative estimate of drug-likeness (QED) is 0.0964. The average Bonchev–Trinajstić information content (AvgIpc) is 3.22. The molecule has 3 unspecified atom stereocenters. The lowest BCUT2D eigenvalue weighted by Crippen LogP contribution is -2.73. The summed E-state index contributed by atoms with van der Waals surface area (Å²) in [5, 5.41) is 2.18. The molecule has 1 aromatic carbocycles. The number of hydrogen-bond acceptors (Lipinski definition) is 9. The van der Waals surface area contributed by atoms with Crippen molar-refractivity contribution in [1.82, 2.24) is 19.5 Å². The normalized spacial score (nSPS) is 21.0. The van der Waals surface area contributed by atoms with Gasteiger partial charge in [0.25, 0.3) is 4.52 Å². The van der Waals surface area contributed by atoms with Crippen LogP contribution in [-0.2, 0) is 25.5 Å². The lowest BCUT2D eigenvalue weighted by Gasteiger charge is -2.49. The van der Waals surface area contributed by atoms with Crippen molar-refractivity contribution in [2.75, 3.05) is 5.88 Å². The van der Waals surface area contributed by atoms with Gasteiger partial charge in [-0.3, -0.25) is 9.59 Å². The van der Waals surface area contributed by atoms with Gasteiger partial charge in [0.2, 0.25) is 11.8 Å². The number of hydrazine groups is 1. The number of amides is 2. The molecule has 0 spiro atoms. The molecule has 2 aliphatic heterocycles. The molecule has 0 radical (unpaired) electrons. The van der Waals surface area contributed by atoms with E-state index in [-0.39, 0.29) is 18.2 Å². The van der Waals surface area contributed by atoms with Gasteiger partial charge in [-0.15, -0.1) is 11.6 Å². The van der Waals surface area contributed by atoms with Crippen molar-refractivity contribution in [3.05, 3.63) is 59.2 Å². The Morgan fingerprint density at radius 1 is 1.34 bits per heavy atom. The number of nitrogens with zero attached hydrogens (tertiary/aromatic N) is 2. The van der Waals surface area contributed by atoms with E-state index in [4.69, 9.17) is 39.5 Å². The van der Waals surface area contributed by atoms with Crippen LogP contribution < -0.4 is 10.7 Å². The molecule has 2 amide bonds. The SMILES string of the molecule is C=C(C)C(C(=O)OC(Cl)(Cl)CCl)N1C(=O)C(NC(=O)Cc2ccccc2)C1SSN1NC=C(C)S1. The van der Waals surface area contributed by atoms with Crippen LogP contribution in [0.3, 0.4) is 0 Å². The zero-order valence-electron chi connectivity index (χ0n) is 18.7. The van der Waals surface area contributed by atoms with Gasteiger partial charge in [-0.25, -0.2) is 4.79 Å². The van der Waals surface area contributed by atoms with Gasteiger partial charge in [0, 0.05) is 22.1 Å². The van der Waals surface area contributed by atoms with Crippen LogP contribution in [0.5, 0.6) is 0 Å². The molecular weight excluding hydrogens is 575 g/mol. The maximum atomic E-state index is 13.2. The number of esters is 1. The molecule has 14 heteroatoms. The molecule has 1 fully saturated rings. The standard InChI is InChI=1S/C21H23Cl3N4O4S3/c1-12(2)17(20(31)32-21(23,24)11-22)27-18(30)16(19(27)34-35-28-25-10-13(3)33-28)26-15(29)9-14-7-5-4-6-8-14/h4-8,10,16-17,19,25H,1,9,11H2,2-3H3,(H,26,29). The highest BCUT2D eigenvalue weighted by Crippen LogP contribution is 2.45. The van der Waals surface area contributed by atoms with Gasteiger partial charge in [0.15, 0.2) is 6.04 Å². The Morgan fingerprint density at radius 3 is 2.60 bits per heavy atom. The van der Waals surface area contributed by atoms with Crippen LogP contribution in [-0.4, -0.2) is 54.4 Å². The summed E-state index contributed by atoms with van der Waals surface area (Å²) < 4.78 is 4.95. The smallest absolute Gasteiger partial charge is 0.335 e. The van der Waals surface area contributed by atoms with Crippen LogP contribution in [0.15, 0.2) is 53.6 Å². The molecule has 1 saturated heterocycles. The fraction of sp³-hybridized carbons (Fsp3) is 0.381. The molecule has 2 heterocycles. The number of nitrogens with one attached hydrogen (secondary N) is 2. The highest BCUT2D eigenvalue weighted by Gasteiger charge is 2.55. The van der Waals surface area contributed by atoms with E-state index >= 15 is 0 Å². The molecule has 0 bridgehead atoms. The van der Waals surface area contributed by atoms with E-state index in [0.29, 0.717) is 5.57 Å². The molecule has 2 aliphatic rings. The van der Waals surface area contributed by atoms with E-state index in [0.717, 1.165) is 10.5 Å². The number of hydrogen-bond donors (Lipinski definition) is 2. The van der Waals surface area contributed by atoms with Crippen molar-refractivity contribution in [2.45, 2.75) is 42.2 Å². The van der Waals surface area contributed by atoms with E-state index in [9.17, 15) is 14.4 Å². The summed E-state index contributed by atoms with van der Waals surface area (Å²) in [6, 6.07) is 7.17. The van der Waals surface area contributed by atoms with Gasteiger partial charge in [-0.1, -0.05) is 63.9 Å². The highest BCUT2D eigenvalue weighted by molar-refractivity contribution is 8.77. The van der Waals surface area contributed by atoms with Crippen molar-refractivity contribution >= 4 is 86.3 Å². The minimum Gasteiger partial charge on any atom is -0.426 e. The second kappa shape index (κ2) is 12.4. The second-order valence-electron chi connectivity index (χ2n) is 7.69. The van der Waals surface area contributed by atoms with Crippen LogP contribution >= 0.6 is 68.5 Å². The minimum absolute atomic E-state index is 0.116. The van der Waals surface area contributed by atoms with Gasteiger partial charge in [-0.05, 0) is 47.7 Å². The van der Waals surface area contributed by atoms with Crippen molar-refractivity contribution in [2.24, 2.45) is 0 Å². The van der Waals surface area contributed by atoms with Crippen molar-refractivity contribution in [3.63, 3.8) is 0 Å². The third-order valence-corrected chi connectivity index (χ3v) is 9.59. The lowest BCUT2D eigenvalue weighted by atomic mass is 9.99. The van der Waals surface area contributed by atoms with E-state index < -0.39 is 33.9 Å². The molecule has 2 N–H and O–H groups in total. The largest absolute Gasteiger partial charge is 0.426 e. The summed E-state index contributed by atoms with van der Waals surface area (Å²) >= 11 is 18.9. The Labute approximate surface area is 231 Å². The molecular formula is C21H23Cl3N4O4S3. The summed E-state index contributed by atoms with van der Waals surface area (Å²) in [4.78, 5) is 41.2. The predicted octanol–water partition coefficient (Wildman–Crippen LogP) is 4.37. The topological polar surface area (TPSA) is 91.0 Å². The molecule has 3 atom stereocenters. The highest BCUT2D eigenvalue weighted by atomic mass is 35.5. The van der Waals surface area contributed by atoms with Crippen molar-refractivity contribution in [1.29, 1.82) is 0 Å². The Bertz CT molecular complexity index is 1010. The maximum absolute atomic E-state index is 13.2. The molecule has 1 aromatic rings. The molecule has 8 nitrogen and oxygen atoms in total. The summed E-state index contributed by atoms with van der Waals surface area (Å²) in [6.07, 6.45) is 1.95. The molecule has 35 heavy (non-hydrogen) atoms. The number of benzene rings is 1. The zero-order chi connectivity index (χ0) is 25.8. The number of carbonyl (C=O) groups excluding carboxylic acids is 3. The Kier molecular flexibility index (Phi) is 10.0. The minimum atomic E-state index is -1.96. The van der Waals surface area contributed by atoms with Gasteiger partial charge < -0.3 is 20.4 Å². The van der Waals surface area contributed by atoms with E-state index in [1.54, 1.807) is 10.7 Å². The number of carbonyl (C=O) groups is 3.